The van der Waals surface area contributed by atoms with Crippen molar-refractivity contribution in [3.8, 4) is 17.1 Å². The molecule has 0 fully saturated rings. The summed E-state index contributed by atoms with van der Waals surface area (Å²) in [5.41, 5.74) is 4.56. The molecule has 1 aromatic carbocycles. The average Bonchev–Trinajstić information content (AvgIpc) is 3.13. The quantitative estimate of drug-likeness (QED) is 0.514. The third kappa shape index (κ3) is 1.23. The number of aromatic nitrogens is 2. The molecular weight excluding hydrogens is 240 g/mol. The van der Waals surface area contributed by atoms with Gasteiger partial charge in [0, 0.05) is 11.6 Å². The molecule has 0 saturated heterocycles. The van der Waals surface area contributed by atoms with Gasteiger partial charge in [-0.1, -0.05) is 18.2 Å². The lowest BCUT2D eigenvalue weighted by Gasteiger charge is -2.02. The van der Waals surface area contributed by atoms with Crippen molar-refractivity contribution in [3.05, 3.63) is 48.2 Å². The number of hydrogen-bond donors (Lipinski definition) is 0. The van der Waals surface area contributed by atoms with Crippen LogP contribution >= 0.6 is 0 Å². The molecule has 2 aromatic rings. The zero-order chi connectivity index (χ0) is 13.0. The predicted molar refractivity (Wildman–Crippen MR) is 71.4 cm³/mol. The van der Waals surface area contributed by atoms with Crippen LogP contribution in [0.3, 0.4) is 0 Å². The lowest BCUT2D eigenvalue weighted by Crippen LogP contribution is -2.03. The van der Waals surface area contributed by atoms with Gasteiger partial charge in [0.25, 0.3) is 0 Å². The summed E-state index contributed by atoms with van der Waals surface area (Å²) in [4.78, 5) is 16.1. The molecule has 0 saturated carbocycles. The summed E-state index contributed by atoms with van der Waals surface area (Å²) in [6.45, 7) is 0. The van der Waals surface area contributed by atoms with Gasteiger partial charge in [-0.3, -0.25) is 4.98 Å². The largest absolute Gasteiger partial charge is 0.465 e. The van der Waals surface area contributed by atoms with Crippen molar-refractivity contribution < 1.29 is 9.53 Å². The van der Waals surface area contributed by atoms with Crippen LogP contribution in [0.4, 0.5) is 0 Å². The van der Waals surface area contributed by atoms with E-state index in [4.69, 9.17) is 4.74 Å². The number of hydrogen-bond acceptors (Lipinski definition) is 3. The van der Waals surface area contributed by atoms with Crippen molar-refractivity contribution in [2.75, 3.05) is 7.11 Å². The number of carbonyl (C=O) groups is 1. The van der Waals surface area contributed by atoms with Gasteiger partial charge in [-0.2, -0.15) is 0 Å². The van der Waals surface area contributed by atoms with Gasteiger partial charge < -0.3 is 9.30 Å². The number of rotatable bonds is 2. The summed E-state index contributed by atoms with van der Waals surface area (Å²) in [6, 6.07) is 11.6. The van der Waals surface area contributed by atoms with Crippen LogP contribution in [0.25, 0.3) is 28.0 Å². The molecule has 0 aliphatic carbocycles. The molecule has 0 amide bonds. The Labute approximate surface area is 109 Å². The molecule has 1 aromatic heterocycles. The van der Waals surface area contributed by atoms with Gasteiger partial charge in [-0.05, 0) is 18.2 Å². The Bertz CT molecular complexity index is 794. The second-order valence-corrected chi connectivity index (χ2v) is 4.44. The fourth-order valence-corrected chi connectivity index (χ4v) is 2.56. The standard InChI is InChI=1S/C15H10N2O2/c1-19-15(18)10-6-4-8-16-12(10)14-13-9-5-2-3-7-11(9)17(13)14/h2-8H,1H3. The molecule has 0 atom stereocenters. The number of para-hydroxylation sites is 1. The van der Waals surface area contributed by atoms with Gasteiger partial charge in [0.2, 0.25) is 0 Å². The molecule has 4 heteroatoms. The first kappa shape index (κ1) is 10.3. The van der Waals surface area contributed by atoms with Crippen LogP contribution in [0.5, 0.6) is 0 Å². The maximum Gasteiger partial charge on any atom is 0.340 e. The number of pyridine rings is 1. The SMILES string of the molecule is COC(=O)c1cccnc1-c1c2c3ccccc3n1-2. The minimum absolute atomic E-state index is 0.354. The van der Waals surface area contributed by atoms with E-state index in [-0.39, 0.29) is 5.97 Å². The minimum atomic E-state index is -0.354. The van der Waals surface area contributed by atoms with E-state index in [1.165, 1.54) is 23.7 Å². The molecule has 3 heterocycles. The highest BCUT2D eigenvalue weighted by molar-refractivity contribution is 6.12. The van der Waals surface area contributed by atoms with Crippen molar-refractivity contribution in [3.63, 3.8) is 0 Å². The Morgan fingerprint density at radius 3 is 2.84 bits per heavy atom. The van der Waals surface area contributed by atoms with E-state index in [0.29, 0.717) is 11.3 Å². The molecule has 19 heavy (non-hydrogen) atoms. The lowest BCUT2D eigenvalue weighted by molar-refractivity contribution is 0.0601. The Morgan fingerprint density at radius 2 is 2.05 bits per heavy atom. The number of fused-ring (bicyclic) bond motifs is 4. The zero-order valence-corrected chi connectivity index (χ0v) is 10.3. The number of benzene rings is 1. The topological polar surface area (TPSA) is 44.1 Å². The summed E-state index contributed by atoms with van der Waals surface area (Å²) in [6.07, 6.45) is 1.69. The Morgan fingerprint density at radius 1 is 1.21 bits per heavy atom. The summed E-state index contributed by atoms with van der Waals surface area (Å²) >= 11 is 0. The molecule has 0 unspecified atom stereocenters. The van der Waals surface area contributed by atoms with Crippen LogP contribution in [0.15, 0.2) is 42.6 Å². The number of carbonyl (C=O) groups excluding carboxylic acids is 1. The van der Waals surface area contributed by atoms with Crippen LogP contribution in [0.1, 0.15) is 10.4 Å². The second-order valence-electron chi connectivity index (χ2n) is 4.44. The summed E-state index contributed by atoms with van der Waals surface area (Å²) in [7, 11) is 1.38. The van der Waals surface area contributed by atoms with Crippen LogP contribution in [-0.4, -0.2) is 22.6 Å². The van der Waals surface area contributed by atoms with Crippen molar-refractivity contribution in [2.45, 2.75) is 0 Å². The van der Waals surface area contributed by atoms with Crippen molar-refractivity contribution in [1.29, 1.82) is 0 Å². The van der Waals surface area contributed by atoms with E-state index in [1.807, 2.05) is 12.1 Å². The van der Waals surface area contributed by atoms with Gasteiger partial charge in [0.05, 0.1) is 29.6 Å². The van der Waals surface area contributed by atoms with Gasteiger partial charge in [-0.25, -0.2) is 4.79 Å². The molecule has 0 N–H and O–H groups in total. The summed E-state index contributed by atoms with van der Waals surface area (Å²) in [5, 5.41) is 1.22. The van der Waals surface area contributed by atoms with E-state index in [2.05, 4.69) is 21.7 Å². The molecule has 92 valence electrons. The first-order valence-corrected chi connectivity index (χ1v) is 6.00. The van der Waals surface area contributed by atoms with Crippen molar-refractivity contribution >= 4 is 16.9 Å². The fraction of sp³-hybridized carbons (Fsp3) is 0.0667. The molecule has 0 bridgehead atoms. The fourth-order valence-electron chi connectivity index (χ4n) is 2.56. The number of nitrogens with zero attached hydrogens (tertiary/aromatic N) is 2. The van der Waals surface area contributed by atoms with E-state index < -0.39 is 0 Å². The minimum Gasteiger partial charge on any atom is -0.465 e. The second kappa shape index (κ2) is 3.45. The third-order valence-corrected chi connectivity index (χ3v) is 3.46. The molecule has 4 rings (SSSR count). The molecule has 2 aliphatic heterocycles. The first-order chi connectivity index (χ1) is 9.33. The normalized spacial score (nSPS) is 11.6. The number of esters is 1. The maximum absolute atomic E-state index is 11.8. The molecule has 0 spiro atoms. The smallest absolute Gasteiger partial charge is 0.340 e. The summed E-state index contributed by atoms with van der Waals surface area (Å²) < 4.78 is 6.92. The van der Waals surface area contributed by atoms with E-state index >= 15 is 0 Å². The molecule has 4 nitrogen and oxygen atoms in total. The zero-order valence-electron chi connectivity index (χ0n) is 10.3. The first-order valence-electron chi connectivity index (χ1n) is 6.00. The highest BCUT2D eigenvalue weighted by Gasteiger charge is 2.36. The maximum atomic E-state index is 11.8. The van der Waals surface area contributed by atoms with Crippen LogP contribution in [-0.2, 0) is 4.74 Å². The molecule has 0 radical (unpaired) electrons. The molecular formula is C15H10N2O2. The van der Waals surface area contributed by atoms with Gasteiger partial charge in [0.15, 0.2) is 0 Å². The third-order valence-electron chi connectivity index (χ3n) is 3.46. The van der Waals surface area contributed by atoms with Gasteiger partial charge >= 0.3 is 5.97 Å². The van der Waals surface area contributed by atoms with E-state index in [1.54, 1.807) is 18.3 Å². The number of methoxy groups -OCH3 is 1. The van der Waals surface area contributed by atoms with Gasteiger partial charge in [0.1, 0.15) is 5.69 Å². The van der Waals surface area contributed by atoms with Crippen molar-refractivity contribution in [1.82, 2.24) is 9.55 Å². The van der Waals surface area contributed by atoms with Crippen LogP contribution in [0.2, 0.25) is 0 Å². The number of ether oxygens (including phenoxy) is 1. The Balaban J connectivity index is 1.93. The monoisotopic (exact) mass is 250 g/mol. The summed E-state index contributed by atoms with van der Waals surface area (Å²) in [5.74, 6) is -0.354. The van der Waals surface area contributed by atoms with E-state index in [0.717, 1.165) is 5.69 Å². The van der Waals surface area contributed by atoms with Crippen molar-refractivity contribution in [2.24, 2.45) is 0 Å². The van der Waals surface area contributed by atoms with Crippen LogP contribution < -0.4 is 0 Å². The highest BCUT2D eigenvalue weighted by Crippen LogP contribution is 2.50. The Hall–Kier alpha value is -2.62. The van der Waals surface area contributed by atoms with E-state index in [9.17, 15) is 4.79 Å². The highest BCUT2D eigenvalue weighted by atomic mass is 16.5. The Kier molecular flexibility index (Phi) is 1.87. The molecule has 2 aliphatic rings. The average molecular weight is 250 g/mol. The van der Waals surface area contributed by atoms with Crippen LogP contribution in [0, 0.1) is 0 Å². The predicted octanol–water partition coefficient (Wildman–Crippen LogP) is 2.79. The lowest BCUT2D eigenvalue weighted by atomic mass is 10.1. The van der Waals surface area contributed by atoms with Gasteiger partial charge in [-0.15, -0.1) is 0 Å².